The van der Waals surface area contributed by atoms with Gasteiger partial charge in [-0.05, 0) is 214 Å². The van der Waals surface area contributed by atoms with Crippen LogP contribution in [0.2, 0.25) is 0 Å². The minimum Gasteiger partial charge on any atom is -0.295 e. The Kier molecular flexibility index (Phi) is 11.1. The molecule has 344 valence electrons. The van der Waals surface area contributed by atoms with Crippen LogP contribution < -0.4 is 0 Å². The fourth-order valence-electron chi connectivity index (χ4n) is 18.5. The summed E-state index contributed by atoms with van der Waals surface area (Å²) in [6, 6.07) is 0. The van der Waals surface area contributed by atoms with E-state index in [0.717, 1.165) is 48.0 Å². The van der Waals surface area contributed by atoms with Crippen molar-refractivity contribution in [1.82, 2.24) is 0 Å². The van der Waals surface area contributed by atoms with E-state index in [1.54, 1.807) is 22.3 Å². The average molecular weight is 865 g/mol. The van der Waals surface area contributed by atoms with Crippen molar-refractivity contribution in [2.45, 2.75) is 162 Å². The number of rotatable bonds is 0. The summed E-state index contributed by atoms with van der Waals surface area (Å²) >= 11 is 0. The van der Waals surface area contributed by atoms with Crippen molar-refractivity contribution in [2.24, 2.45) is 93.7 Å². The first-order valence-electron chi connectivity index (χ1n) is 25.6. The molecule has 0 saturated heterocycles. The number of allylic oxidation sites excluding steroid dienone is 16. The molecule has 0 aromatic rings. The Morgan fingerprint density at radius 2 is 0.750 bits per heavy atom. The summed E-state index contributed by atoms with van der Waals surface area (Å²) in [6.07, 6.45) is 11.5. The summed E-state index contributed by atoms with van der Waals surface area (Å²) in [7, 11) is 0. The third-order valence-corrected chi connectivity index (χ3v) is 20.6. The Balaban J connectivity index is 0.000000162. The van der Waals surface area contributed by atoms with E-state index in [1.165, 1.54) is 33.4 Å². The van der Waals surface area contributed by atoms with Crippen LogP contribution in [0.3, 0.4) is 0 Å². The second-order valence-corrected chi connectivity index (χ2v) is 24.6. The lowest BCUT2D eigenvalue weighted by atomic mass is 9.61. The van der Waals surface area contributed by atoms with Gasteiger partial charge in [0.25, 0.3) is 0 Å². The van der Waals surface area contributed by atoms with Crippen LogP contribution in [0.25, 0.3) is 0 Å². The molecule has 64 heavy (non-hydrogen) atoms. The lowest BCUT2D eigenvalue weighted by Crippen LogP contribution is -2.36. The molecule has 0 unspecified atom stereocenters. The summed E-state index contributed by atoms with van der Waals surface area (Å²) in [6.45, 7) is 35.8. The fraction of sp³-hybridized carbons (Fsp3) is 0.667. The van der Waals surface area contributed by atoms with Gasteiger partial charge in [-0.25, -0.2) is 0 Å². The van der Waals surface area contributed by atoms with Crippen molar-refractivity contribution in [3.05, 3.63) is 90.2 Å². The van der Waals surface area contributed by atoms with Crippen LogP contribution in [0.1, 0.15) is 162 Å². The van der Waals surface area contributed by atoms with Crippen LogP contribution in [0.4, 0.5) is 0 Å². The largest absolute Gasteiger partial charge is 0.295 e. The van der Waals surface area contributed by atoms with Crippen molar-refractivity contribution < 1.29 is 19.2 Å². The Labute approximate surface area is 386 Å². The van der Waals surface area contributed by atoms with E-state index in [-0.39, 0.29) is 10.8 Å². The molecule has 10 rings (SSSR count). The van der Waals surface area contributed by atoms with E-state index < -0.39 is 0 Å². The van der Waals surface area contributed by atoms with E-state index in [2.05, 4.69) is 123 Å². The molecule has 4 nitrogen and oxygen atoms in total. The molecule has 4 bridgehead atoms. The van der Waals surface area contributed by atoms with Crippen molar-refractivity contribution in [1.29, 1.82) is 0 Å². The van der Waals surface area contributed by atoms with Gasteiger partial charge in [-0.2, -0.15) is 0 Å². The predicted octanol–water partition coefficient (Wildman–Crippen LogP) is 14.1. The Morgan fingerprint density at radius 3 is 1.06 bits per heavy atom. The molecule has 0 spiro atoms. The predicted molar refractivity (Wildman–Crippen MR) is 260 cm³/mol. The Bertz CT molecular complexity index is 2250. The molecule has 0 aromatic carbocycles. The second-order valence-electron chi connectivity index (χ2n) is 24.6. The molecule has 0 amide bonds. The normalized spacial score (nSPS) is 43.0. The van der Waals surface area contributed by atoms with Crippen molar-refractivity contribution >= 4 is 23.1 Å². The topological polar surface area (TPSA) is 68.3 Å². The molecule has 10 aliphatic carbocycles. The standard InChI is InChI=1S/2C30H40O2/c2*1-14(2)20-12-21-19(8)29-27(26(21)16(5)9-24(20)31)22-11-18(7)30(29)13-23(15(3)4)25(32)10-17(6)28(22)30/h2*11,16-17,22,26-29H,9-10,12-13H2,1-8H3/t2*16-,17-,22-,26+,27-,28-,29+,30-/m11/s1. The Hall–Kier alpha value is -3.40. The van der Waals surface area contributed by atoms with Gasteiger partial charge in [-0.15, -0.1) is 0 Å². The molecule has 10 aliphatic rings. The van der Waals surface area contributed by atoms with Crippen LogP contribution in [-0.2, 0) is 19.2 Å². The number of Topliss-reactive ketones (excluding diaryl/α,β-unsaturated/α-hetero) is 4. The maximum absolute atomic E-state index is 13.2. The molecule has 0 aromatic heterocycles. The van der Waals surface area contributed by atoms with Crippen molar-refractivity contribution in [3.63, 3.8) is 0 Å². The van der Waals surface area contributed by atoms with E-state index in [1.807, 2.05) is 0 Å². The third-order valence-electron chi connectivity index (χ3n) is 20.6. The van der Waals surface area contributed by atoms with E-state index >= 15 is 0 Å². The van der Waals surface area contributed by atoms with Crippen LogP contribution in [-0.4, -0.2) is 23.1 Å². The van der Waals surface area contributed by atoms with Crippen molar-refractivity contribution in [2.75, 3.05) is 0 Å². The maximum atomic E-state index is 13.2. The number of carbonyl (C=O) groups is 4. The number of carbonyl (C=O) groups excluding carboxylic acids is 4. The van der Waals surface area contributed by atoms with Crippen LogP contribution in [0.5, 0.6) is 0 Å². The molecule has 0 heterocycles. The first kappa shape index (κ1) is 45.7. The molecular formula is C60H80O4. The van der Waals surface area contributed by atoms with Gasteiger partial charge in [0.1, 0.15) is 0 Å². The first-order valence-corrected chi connectivity index (χ1v) is 25.6. The minimum absolute atomic E-state index is 0.0889. The highest BCUT2D eigenvalue weighted by molar-refractivity contribution is 5.99. The van der Waals surface area contributed by atoms with Crippen LogP contribution in [0, 0.1) is 93.7 Å². The zero-order valence-corrected chi connectivity index (χ0v) is 42.5. The number of hydrogen-bond acceptors (Lipinski definition) is 4. The summed E-state index contributed by atoms with van der Waals surface area (Å²) in [5.74, 6) is 8.63. The van der Waals surface area contributed by atoms with Gasteiger partial charge < -0.3 is 0 Å². The van der Waals surface area contributed by atoms with E-state index in [9.17, 15) is 19.2 Å². The van der Waals surface area contributed by atoms with Gasteiger partial charge in [-0.1, -0.05) is 95.6 Å². The molecule has 4 heteroatoms. The van der Waals surface area contributed by atoms with Gasteiger partial charge in [0.15, 0.2) is 23.1 Å². The minimum atomic E-state index is 0.0889. The number of ketones is 4. The summed E-state index contributed by atoms with van der Waals surface area (Å²) in [5, 5.41) is 0. The maximum Gasteiger partial charge on any atom is 0.159 e. The highest BCUT2D eigenvalue weighted by atomic mass is 16.1. The monoisotopic (exact) mass is 865 g/mol. The van der Waals surface area contributed by atoms with Gasteiger partial charge in [0, 0.05) is 36.5 Å². The zero-order valence-electron chi connectivity index (χ0n) is 42.5. The van der Waals surface area contributed by atoms with Gasteiger partial charge >= 0.3 is 0 Å². The molecule has 0 aliphatic heterocycles. The SMILES string of the molecule is CC1=C[C@@H]2[C@@H]3[C@@H]4C(=C(C)[C@@H]3[C@]13CC(=C(C)C)C(=O)C[C@@H](C)[C@H]23)CC(=C(C)C)C(=O)C[C@H]4C.CC1=C[C@@H]2[C@@H]3[C@@H]4C(=C(C)[C@@H]3[C@]13CC(=C(C)C)C(=O)C[C@@H](C)[C@H]23)CC(=C(C)C)C(=O)C[C@H]4C. The molecule has 16 atom stereocenters. The summed E-state index contributed by atoms with van der Waals surface area (Å²) in [5.41, 5.74) is 18.7. The second kappa shape index (κ2) is 15.6. The Morgan fingerprint density at radius 1 is 0.453 bits per heavy atom. The van der Waals surface area contributed by atoms with Gasteiger partial charge in [0.2, 0.25) is 0 Å². The lowest BCUT2D eigenvalue weighted by molar-refractivity contribution is -0.117. The highest BCUT2D eigenvalue weighted by Crippen LogP contribution is 2.78. The summed E-state index contributed by atoms with van der Waals surface area (Å²) < 4.78 is 0. The highest BCUT2D eigenvalue weighted by Gasteiger charge is 2.72. The average Bonchev–Trinajstić information content (AvgIpc) is 3.90. The molecule has 0 radical (unpaired) electrons. The summed E-state index contributed by atoms with van der Waals surface area (Å²) in [4.78, 5) is 52.6. The third kappa shape index (κ3) is 6.10. The van der Waals surface area contributed by atoms with Crippen LogP contribution in [0.15, 0.2) is 90.2 Å². The number of hydrogen-bond donors (Lipinski definition) is 0. The van der Waals surface area contributed by atoms with Gasteiger partial charge in [0.05, 0.1) is 0 Å². The smallest absolute Gasteiger partial charge is 0.159 e. The fourth-order valence-corrected chi connectivity index (χ4v) is 18.5. The van der Waals surface area contributed by atoms with E-state index in [0.29, 0.717) is 132 Å². The van der Waals surface area contributed by atoms with E-state index in [4.69, 9.17) is 0 Å². The first-order chi connectivity index (χ1) is 30.0. The lowest BCUT2D eigenvalue weighted by Gasteiger charge is -2.42. The van der Waals surface area contributed by atoms with Crippen LogP contribution >= 0.6 is 0 Å². The molecule has 6 fully saturated rings. The zero-order chi connectivity index (χ0) is 46.5. The van der Waals surface area contributed by atoms with Crippen molar-refractivity contribution in [3.8, 4) is 0 Å². The molecular weight excluding hydrogens is 785 g/mol. The van der Waals surface area contributed by atoms with Gasteiger partial charge in [-0.3, -0.25) is 19.2 Å². The quantitative estimate of drug-likeness (QED) is 0.180. The number of fused-ring (bicyclic) bond motifs is 8. The molecule has 6 saturated carbocycles. The molecule has 0 N–H and O–H groups in total.